The average Bonchev–Trinajstić information content (AvgIpc) is 3.29. The van der Waals surface area contributed by atoms with Crippen LogP contribution in [0.4, 0.5) is 5.82 Å². The van der Waals surface area contributed by atoms with Gasteiger partial charge in [0.25, 0.3) is 0 Å². The Hall–Kier alpha value is -3.14. The first-order chi connectivity index (χ1) is 14.1. The summed E-state index contributed by atoms with van der Waals surface area (Å²) < 4.78 is 7.02. The van der Waals surface area contributed by atoms with Gasteiger partial charge in [0.2, 0.25) is 5.82 Å². The SMILES string of the molecule is CONc1nc(C#Cc2ccccn2)nc2c1ncn2C1OC(CO)C(O)C1O. The Morgan fingerprint density at radius 3 is 2.76 bits per heavy atom. The first kappa shape index (κ1) is 19.2. The first-order valence-corrected chi connectivity index (χ1v) is 8.71. The van der Waals surface area contributed by atoms with Crippen molar-refractivity contribution in [3.8, 4) is 11.8 Å². The maximum atomic E-state index is 10.3. The minimum absolute atomic E-state index is 0.163. The molecule has 1 fully saturated rings. The molecule has 4 rings (SSSR count). The van der Waals surface area contributed by atoms with Gasteiger partial charge in [0.15, 0.2) is 23.2 Å². The third-order valence-electron chi connectivity index (χ3n) is 4.38. The summed E-state index contributed by atoms with van der Waals surface area (Å²) in [6.07, 6.45) is -1.41. The summed E-state index contributed by atoms with van der Waals surface area (Å²) in [4.78, 5) is 22.0. The maximum Gasteiger partial charge on any atom is 0.209 e. The molecule has 4 atom stereocenters. The van der Waals surface area contributed by atoms with Crippen molar-refractivity contribution >= 4 is 17.0 Å². The van der Waals surface area contributed by atoms with E-state index in [-0.39, 0.29) is 11.6 Å². The highest BCUT2D eigenvalue weighted by atomic mass is 16.6. The summed E-state index contributed by atoms with van der Waals surface area (Å²) in [7, 11) is 1.43. The zero-order chi connectivity index (χ0) is 20.4. The first-order valence-electron chi connectivity index (χ1n) is 8.71. The Bertz CT molecular complexity index is 1060. The van der Waals surface area contributed by atoms with E-state index in [2.05, 4.69) is 37.3 Å². The van der Waals surface area contributed by atoms with Crippen LogP contribution in [0.3, 0.4) is 0 Å². The van der Waals surface area contributed by atoms with Gasteiger partial charge in [0.1, 0.15) is 24.0 Å². The van der Waals surface area contributed by atoms with Crippen molar-refractivity contribution in [2.24, 2.45) is 0 Å². The largest absolute Gasteiger partial charge is 0.394 e. The van der Waals surface area contributed by atoms with Crippen molar-refractivity contribution in [1.29, 1.82) is 0 Å². The summed E-state index contributed by atoms with van der Waals surface area (Å²) in [5.41, 5.74) is 3.84. The zero-order valence-electron chi connectivity index (χ0n) is 15.3. The molecule has 4 unspecified atom stereocenters. The number of anilines is 1. The van der Waals surface area contributed by atoms with Gasteiger partial charge in [0.05, 0.1) is 20.0 Å². The fraction of sp³-hybridized carbons (Fsp3) is 0.333. The number of aliphatic hydroxyl groups excluding tert-OH is 3. The Morgan fingerprint density at radius 2 is 2.07 bits per heavy atom. The van der Waals surface area contributed by atoms with Crippen LogP contribution in [-0.4, -0.2) is 71.9 Å². The quantitative estimate of drug-likeness (QED) is 0.325. The molecule has 1 aliphatic heterocycles. The van der Waals surface area contributed by atoms with Crippen molar-refractivity contribution in [1.82, 2.24) is 24.5 Å². The lowest BCUT2D eigenvalue weighted by Gasteiger charge is -2.16. The van der Waals surface area contributed by atoms with E-state index in [0.29, 0.717) is 16.9 Å². The fourth-order valence-corrected chi connectivity index (χ4v) is 2.99. The smallest absolute Gasteiger partial charge is 0.209 e. The molecule has 11 heteroatoms. The molecule has 150 valence electrons. The van der Waals surface area contributed by atoms with Gasteiger partial charge in [-0.1, -0.05) is 6.07 Å². The van der Waals surface area contributed by atoms with Crippen molar-refractivity contribution < 1.29 is 24.9 Å². The summed E-state index contributed by atoms with van der Waals surface area (Å²) >= 11 is 0. The lowest BCUT2D eigenvalue weighted by atomic mass is 10.1. The molecule has 3 aromatic heterocycles. The van der Waals surface area contributed by atoms with Crippen molar-refractivity contribution in [3.63, 3.8) is 0 Å². The Labute approximate surface area is 164 Å². The molecule has 0 bridgehead atoms. The van der Waals surface area contributed by atoms with E-state index in [1.165, 1.54) is 18.0 Å². The van der Waals surface area contributed by atoms with Gasteiger partial charge >= 0.3 is 0 Å². The van der Waals surface area contributed by atoms with Crippen molar-refractivity contribution in [2.45, 2.75) is 24.5 Å². The molecule has 4 heterocycles. The number of nitrogens with zero attached hydrogens (tertiary/aromatic N) is 5. The summed E-state index contributed by atoms with van der Waals surface area (Å²) in [5.74, 6) is 6.14. The third-order valence-corrected chi connectivity index (χ3v) is 4.38. The number of aliphatic hydroxyl groups is 3. The standard InChI is InChI=1S/C18H18N6O5/c1-28-23-16-13-17(22-12(21-16)6-5-10-4-2-3-7-19-10)24(9-20-13)18-15(27)14(26)11(8-25)29-18/h2-4,7,9,11,14-15,18,25-27H,8H2,1H3,(H,21,22,23). The van der Waals surface area contributed by atoms with Gasteiger partial charge in [-0.05, 0) is 24.0 Å². The molecule has 11 nitrogen and oxygen atoms in total. The predicted octanol–water partition coefficient (Wildman–Crippen LogP) is -0.794. The van der Waals surface area contributed by atoms with Crippen LogP contribution in [-0.2, 0) is 9.57 Å². The van der Waals surface area contributed by atoms with Crippen LogP contribution in [0.5, 0.6) is 0 Å². The minimum Gasteiger partial charge on any atom is -0.394 e. The van der Waals surface area contributed by atoms with E-state index in [9.17, 15) is 15.3 Å². The number of ether oxygens (including phenoxy) is 1. The van der Waals surface area contributed by atoms with Crippen molar-refractivity contribution in [2.75, 3.05) is 19.2 Å². The lowest BCUT2D eigenvalue weighted by molar-refractivity contribution is -0.0511. The summed E-state index contributed by atoms with van der Waals surface area (Å²) in [5, 5.41) is 29.7. The van der Waals surface area contributed by atoms with E-state index in [4.69, 9.17) is 9.57 Å². The number of nitrogens with one attached hydrogen (secondary N) is 1. The highest BCUT2D eigenvalue weighted by Gasteiger charge is 2.44. The Morgan fingerprint density at radius 1 is 1.21 bits per heavy atom. The summed E-state index contributed by atoms with van der Waals surface area (Å²) in [6.45, 7) is -0.437. The second-order valence-electron chi connectivity index (χ2n) is 6.22. The molecule has 1 aliphatic rings. The predicted molar refractivity (Wildman–Crippen MR) is 99.2 cm³/mol. The average molecular weight is 398 g/mol. The minimum atomic E-state index is -1.28. The van der Waals surface area contributed by atoms with Gasteiger partial charge in [0, 0.05) is 6.20 Å². The number of aromatic nitrogens is 5. The van der Waals surface area contributed by atoms with Crippen LogP contribution in [0.1, 0.15) is 17.7 Å². The number of hydrogen-bond acceptors (Lipinski definition) is 10. The number of imidazole rings is 1. The fourth-order valence-electron chi connectivity index (χ4n) is 2.99. The molecule has 0 aliphatic carbocycles. The molecular weight excluding hydrogens is 380 g/mol. The molecule has 0 aromatic carbocycles. The Kier molecular flexibility index (Phi) is 5.34. The van der Waals surface area contributed by atoms with E-state index >= 15 is 0 Å². The topological polar surface area (TPSA) is 148 Å². The number of fused-ring (bicyclic) bond motifs is 1. The lowest BCUT2D eigenvalue weighted by Crippen LogP contribution is -2.33. The Balaban J connectivity index is 1.78. The molecule has 0 saturated carbocycles. The van der Waals surface area contributed by atoms with Crippen LogP contribution >= 0.6 is 0 Å². The molecular formula is C18H18N6O5. The molecule has 0 radical (unpaired) electrons. The number of pyridine rings is 1. The van der Waals surface area contributed by atoms with E-state index in [1.54, 1.807) is 18.3 Å². The zero-order valence-corrected chi connectivity index (χ0v) is 15.3. The molecule has 4 N–H and O–H groups in total. The van der Waals surface area contributed by atoms with Crippen LogP contribution in [0.15, 0.2) is 30.7 Å². The molecule has 1 saturated heterocycles. The van der Waals surface area contributed by atoms with Gasteiger partial charge in [-0.15, -0.1) is 0 Å². The van der Waals surface area contributed by atoms with Gasteiger partial charge in [-0.25, -0.2) is 20.4 Å². The molecule has 29 heavy (non-hydrogen) atoms. The summed E-state index contributed by atoms with van der Waals surface area (Å²) in [6, 6.07) is 5.35. The highest BCUT2D eigenvalue weighted by molar-refractivity contribution is 5.83. The number of hydrogen-bond donors (Lipinski definition) is 4. The molecule has 3 aromatic rings. The molecule has 0 amide bonds. The van der Waals surface area contributed by atoms with Crippen LogP contribution in [0.2, 0.25) is 0 Å². The second kappa shape index (κ2) is 8.08. The van der Waals surface area contributed by atoms with Crippen molar-refractivity contribution in [3.05, 3.63) is 42.2 Å². The highest BCUT2D eigenvalue weighted by Crippen LogP contribution is 2.32. The second-order valence-corrected chi connectivity index (χ2v) is 6.22. The van der Waals surface area contributed by atoms with Gasteiger partial charge in [-0.3, -0.25) is 9.40 Å². The molecule has 0 spiro atoms. The number of rotatable bonds is 4. The normalized spacial score (nSPS) is 23.7. The van der Waals surface area contributed by atoms with Crippen LogP contribution < -0.4 is 5.48 Å². The van der Waals surface area contributed by atoms with Gasteiger partial charge < -0.3 is 20.1 Å². The van der Waals surface area contributed by atoms with E-state index in [0.717, 1.165) is 0 Å². The van der Waals surface area contributed by atoms with Gasteiger partial charge in [-0.2, -0.15) is 4.98 Å². The van der Waals surface area contributed by atoms with E-state index < -0.39 is 31.1 Å². The van der Waals surface area contributed by atoms with Crippen LogP contribution in [0, 0.1) is 11.8 Å². The monoisotopic (exact) mass is 398 g/mol. The van der Waals surface area contributed by atoms with Crippen LogP contribution in [0.25, 0.3) is 11.2 Å². The van der Waals surface area contributed by atoms with E-state index in [1.807, 2.05) is 6.07 Å². The maximum absolute atomic E-state index is 10.3. The third kappa shape index (κ3) is 3.63.